The van der Waals surface area contributed by atoms with Gasteiger partial charge >= 0.3 is 0 Å². The number of rotatable bonds is 3. The van der Waals surface area contributed by atoms with Crippen molar-refractivity contribution in [1.29, 1.82) is 0 Å². The standard InChI is InChI=1S/C11H18N4/c1-3-9(4-1)11-13-8-15(14-11)7-10-5-2-6-12-10/h8-10,12H,1-7H2. The summed E-state index contributed by atoms with van der Waals surface area (Å²) < 4.78 is 2.01. The third kappa shape index (κ3) is 1.91. The van der Waals surface area contributed by atoms with E-state index in [0.29, 0.717) is 12.0 Å². The highest BCUT2D eigenvalue weighted by Crippen LogP contribution is 2.33. The van der Waals surface area contributed by atoms with Crippen LogP contribution in [-0.2, 0) is 6.54 Å². The summed E-state index contributed by atoms with van der Waals surface area (Å²) in [5.41, 5.74) is 0. The second-order valence-corrected chi connectivity index (χ2v) is 4.75. The summed E-state index contributed by atoms with van der Waals surface area (Å²) in [6, 6.07) is 0.612. The molecule has 2 aliphatic rings. The fourth-order valence-corrected chi connectivity index (χ4v) is 2.39. The molecule has 3 rings (SSSR count). The Morgan fingerprint density at radius 1 is 1.33 bits per heavy atom. The minimum Gasteiger partial charge on any atom is -0.312 e. The van der Waals surface area contributed by atoms with Crippen molar-refractivity contribution in [2.75, 3.05) is 6.54 Å². The van der Waals surface area contributed by atoms with Gasteiger partial charge in [0.15, 0.2) is 5.82 Å². The molecule has 82 valence electrons. The predicted molar refractivity (Wildman–Crippen MR) is 57.6 cm³/mol. The van der Waals surface area contributed by atoms with Crippen LogP contribution in [0, 0.1) is 0 Å². The van der Waals surface area contributed by atoms with Crippen LogP contribution in [0.2, 0.25) is 0 Å². The van der Waals surface area contributed by atoms with Gasteiger partial charge in [0.25, 0.3) is 0 Å². The van der Waals surface area contributed by atoms with Gasteiger partial charge in [-0.05, 0) is 32.2 Å². The lowest BCUT2D eigenvalue weighted by molar-refractivity contribution is 0.394. The zero-order valence-electron chi connectivity index (χ0n) is 9.02. The zero-order valence-corrected chi connectivity index (χ0v) is 9.02. The molecule has 1 saturated carbocycles. The van der Waals surface area contributed by atoms with Crippen LogP contribution in [0.15, 0.2) is 6.33 Å². The Balaban J connectivity index is 1.62. The molecule has 1 unspecified atom stereocenters. The van der Waals surface area contributed by atoms with Crippen LogP contribution in [0.3, 0.4) is 0 Å². The van der Waals surface area contributed by atoms with Crippen molar-refractivity contribution >= 4 is 0 Å². The maximum Gasteiger partial charge on any atom is 0.153 e. The average Bonchev–Trinajstić information content (AvgIpc) is 2.75. The van der Waals surface area contributed by atoms with Crippen LogP contribution in [0.4, 0.5) is 0 Å². The Hall–Kier alpha value is -0.900. The molecule has 2 fully saturated rings. The van der Waals surface area contributed by atoms with Gasteiger partial charge in [-0.1, -0.05) is 6.42 Å². The van der Waals surface area contributed by atoms with E-state index < -0.39 is 0 Å². The highest BCUT2D eigenvalue weighted by Gasteiger charge is 2.23. The highest BCUT2D eigenvalue weighted by molar-refractivity contribution is 4.98. The molecule has 1 N–H and O–H groups in total. The molecule has 0 aromatic carbocycles. The quantitative estimate of drug-likeness (QED) is 0.810. The van der Waals surface area contributed by atoms with Crippen molar-refractivity contribution in [3.8, 4) is 0 Å². The van der Waals surface area contributed by atoms with E-state index >= 15 is 0 Å². The maximum absolute atomic E-state index is 4.56. The summed E-state index contributed by atoms with van der Waals surface area (Å²) in [7, 11) is 0. The highest BCUT2D eigenvalue weighted by atomic mass is 15.3. The summed E-state index contributed by atoms with van der Waals surface area (Å²) in [5, 5.41) is 8.04. The van der Waals surface area contributed by atoms with E-state index in [9.17, 15) is 0 Å². The molecule has 4 nitrogen and oxygen atoms in total. The first-order valence-electron chi connectivity index (χ1n) is 6.04. The molecule has 1 atom stereocenters. The fourth-order valence-electron chi connectivity index (χ4n) is 2.39. The molecule has 2 heterocycles. The van der Waals surface area contributed by atoms with Crippen molar-refractivity contribution in [2.45, 2.75) is 50.6 Å². The predicted octanol–water partition coefficient (Wildman–Crippen LogP) is 1.30. The lowest BCUT2D eigenvalue weighted by atomic mass is 9.85. The van der Waals surface area contributed by atoms with E-state index in [4.69, 9.17) is 0 Å². The lowest BCUT2D eigenvalue weighted by Crippen LogP contribution is -2.27. The van der Waals surface area contributed by atoms with Gasteiger partial charge in [-0.25, -0.2) is 4.98 Å². The Bertz CT molecular complexity index is 323. The number of aromatic nitrogens is 3. The largest absolute Gasteiger partial charge is 0.312 e. The molecule has 1 aromatic rings. The Morgan fingerprint density at radius 2 is 2.27 bits per heavy atom. The van der Waals surface area contributed by atoms with E-state index in [-0.39, 0.29) is 0 Å². The summed E-state index contributed by atoms with van der Waals surface area (Å²) in [4.78, 5) is 4.40. The molecular weight excluding hydrogens is 188 g/mol. The first-order chi connectivity index (χ1) is 7.42. The van der Waals surface area contributed by atoms with Crippen LogP contribution in [0.5, 0.6) is 0 Å². The van der Waals surface area contributed by atoms with E-state index in [1.165, 1.54) is 32.1 Å². The lowest BCUT2D eigenvalue weighted by Gasteiger charge is -2.21. The van der Waals surface area contributed by atoms with E-state index in [1.54, 1.807) is 0 Å². The van der Waals surface area contributed by atoms with Crippen LogP contribution >= 0.6 is 0 Å². The molecule has 1 aromatic heterocycles. The molecule has 4 heteroatoms. The summed E-state index contributed by atoms with van der Waals surface area (Å²) in [6.45, 7) is 2.15. The molecule has 1 aliphatic carbocycles. The maximum atomic E-state index is 4.56. The molecule has 0 radical (unpaired) electrons. The number of nitrogens with zero attached hydrogens (tertiary/aromatic N) is 3. The van der Waals surface area contributed by atoms with Gasteiger partial charge in [0.2, 0.25) is 0 Å². The molecule has 1 aliphatic heterocycles. The van der Waals surface area contributed by atoms with E-state index in [0.717, 1.165) is 18.9 Å². The smallest absolute Gasteiger partial charge is 0.153 e. The number of nitrogens with one attached hydrogen (secondary N) is 1. The number of hydrogen-bond acceptors (Lipinski definition) is 3. The van der Waals surface area contributed by atoms with Gasteiger partial charge in [0.1, 0.15) is 6.33 Å². The first kappa shape index (κ1) is 9.33. The van der Waals surface area contributed by atoms with Gasteiger partial charge in [-0.15, -0.1) is 0 Å². The average molecular weight is 206 g/mol. The van der Waals surface area contributed by atoms with Crippen LogP contribution in [0.25, 0.3) is 0 Å². The van der Waals surface area contributed by atoms with Crippen molar-refractivity contribution in [3.63, 3.8) is 0 Å². The van der Waals surface area contributed by atoms with E-state index in [2.05, 4.69) is 15.4 Å². The Morgan fingerprint density at radius 3 is 2.93 bits per heavy atom. The van der Waals surface area contributed by atoms with Crippen LogP contribution in [0.1, 0.15) is 43.8 Å². The van der Waals surface area contributed by atoms with Gasteiger partial charge in [-0.2, -0.15) is 5.10 Å². The molecule has 0 bridgehead atoms. The topological polar surface area (TPSA) is 42.7 Å². The second kappa shape index (κ2) is 3.93. The van der Waals surface area contributed by atoms with Crippen LogP contribution in [-0.4, -0.2) is 27.4 Å². The van der Waals surface area contributed by atoms with Gasteiger partial charge in [-0.3, -0.25) is 4.68 Å². The SMILES string of the molecule is c1nc(C2CCC2)nn1CC1CCCN1. The van der Waals surface area contributed by atoms with Gasteiger partial charge in [0.05, 0.1) is 6.54 Å². The van der Waals surface area contributed by atoms with Gasteiger partial charge < -0.3 is 5.32 Å². The molecule has 15 heavy (non-hydrogen) atoms. The third-order valence-corrected chi connectivity index (χ3v) is 3.59. The second-order valence-electron chi connectivity index (χ2n) is 4.75. The van der Waals surface area contributed by atoms with Crippen molar-refractivity contribution in [3.05, 3.63) is 12.2 Å². The fraction of sp³-hybridized carbons (Fsp3) is 0.818. The van der Waals surface area contributed by atoms with Crippen molar-refractivity contribution in [2.24, 2.45) is 0 Å². The summed E-state index contributed by atoms with van der Waals surface area (Å²) in [6.07, 6.45) is 8.39. The molecule has 0 spiro atoms. The Kier molecular flexibility index (Phi) is 2.44. The molecule has 0 amide bonds. The minimum absolute atomic E-state index is 0.612. The van der Waals surface area contributed by atoms with Gasteiger partial charge in [0, 0.05) is 12.0 Å². The normalized spacial score (nSPS) is 26.8. The summed E-state index contributed by atoms with van der Waals surface area (Å²) >= 11 is 0. The molecular formula is C11H18N4. The van der Waals surface area contributed by atoms with Crippen molar-refractivity contribution in [1.82, 2.24) is 20.1 Å². The summed E-state index contributed by atoms with van der Waals surface area (Å²) in [5.74, 6) is 1.72. The Labute approximate surface area is 90.1 Å². The van der Waals surface area contributed by atoms with Crippen molar-refractivity contribution < 1.29 is 0 Å². The molecule has 1 saturated heterocycles. The monoisotopic (exact) mass is 206 g/mol. The third-order valence-electron chi connectivity index (χ3n) is 3.59. The van der Waals surface area contributed by atoms with Crippen LogP contribution < -0.4 is 5.32 Å². The zero-order chi connectivity index (χ0) is 10.1. The minimum atomic E-state index is 0.612. The number of hydrogen-bond donors (Lipinski definition) is 1. The first-order valence-corrected chi connectivity index (χ1v) is 6.04. The van der Waals surface area contributed by atoms with E-state index in [1.807, 2.05) is 11.0 Å².